The highest BCUT2D eigenvalue weighted by molar-refractivity contribution is 5.02. The van der Waals surface area contributed by atoms with Crippen LogP contribution in [0.5, 0.6) is 0 Å². The van der Waals surface area contributed by atoms with Crippen molar-refractivity contribution in [2.75, 3.05) is 0 Å². The Morgan fingerprint density at radius 1 is 0.700 bits per heavy atom. The Morgan fingerprint density at radius 2 is 1.20 bits per heavy atom. The van der Waals surface area contributed by atoms with Gasteiger partial charge in [0.1, 0.15) is 0 Å². The highest BCUT2D eigenvalue weighted by Gasteiger charge is 2.53. The van der Waals surface area contributed by atoms with Crippen molar-refractivity contribution in [3.63, 3.8) is 0 Å². The topological polar surface area (TPSA) is 0 Å². The number of hydrogen-bond acceptors (Lipinski definition) is 0. The molecule has 0 aromatic rings. The molecular weight excluding hydrogens is 120 g/mol. The van der Waals surface area contributed by atoms with Gasteiger partial charge in [0.05, 0.1) is 0 Å². The lowest BCUT2D eigenvalue weighted by molar-refractivity contribution is 0.467. The van der Waals surface area contributed by atoms with Crippen LogP contribution in [0.4, 0.5) is 0 Å². The Morgan fingerprint density at radius 3 is 1.70 bits per heavy atom. The Bertz CT molecular complexity index is 132. The van der Waals surface area contributed by atoms with E-state index in [4.69, 9.17) is 0 Å². The minimum Gasteiger partial charge on any atom is -0.0530 e. The standard InChI is InChI=1S/C10H16/c1-2-4-8-6-10(8)9-5-7(9)3-1/h7-10H,1-6H2/t7-,8+,9-,10-/m1/s1. The van der Waals surface area contributed by atoms with Gasteiger partial charge in [0, 0.05) is 0 Å². The largest absolute Gasteiger partial charge is 0.0530 e. The monoisotopic (exact) mass is 136 g/mol. The van der Waals surface area contributed by atoms with E-state index in [1.54, 1.807) is 38.5 Å². The van der Waals surface area contributed by atoms with Crippen molar-refractivity contribution in [3.8, 4) is 0 Å². The summed E-state index contributed by atoms with van der Waals surface area (Å²) < 4.78 is 0. The molecule has 3 saturated carbocycles. The second kappa shape index (κ2) is 1.78. The van der Waals surface area contributed by atoms with Gasteiger partial charge in [0.25, 0.3) is 0 Å². The molecule has 10 heavy (non-hydrogen) atoms. The second-order valence-electron chi connectivity index (χ2n) is 4.60. The predicted molar refractivity (Wildman–Crippen MR) is 41.7 cm³/mol. The third kappa shape index (κ3) is 0.741. The fourth-order valence-corrected chi connectivity index (χ4v) is 3.07. The van der Waals surface area contributed by atoms with Crippen molar-refractivity contribution in [1.29, 1.82) is 0 Å². The van der Waals surface area contributed by atoms with E-state index in [0.717, 1.165) is 0 Å². The SMILES string of the molecule is C1CC[C@H]2C[C@H]2[C@@H]2C[C@H]2C1. The molecule has 0 aliphatic heterocycles. The molecule has 0 saturated heterocycles. The van der Waals surface area contributed by atoms with Crippen molar-refractivity contribution in [2.45, 2.75) is 38.5 Å². The van der Waals surface area contributed by atoms with Crippen LogP contribution < -0.4 is 0 Å². The van der Waals surface area contributed by atoms with Crippen LogP contribution in [-0.4, -0.2) is 0 Å². The van der Waals surface area contributed by atoms with E-state index >= 15 is 0 Å². The van der Waals surface area contributed by atoms with Gasteiger partial charge >= 0.3 is 0 Å². The third-order valence-electron chi connectivity index (χ3n) is 3.90. The van der Waals surface area contributed by atoms with Gasteiger partial charge in [-0.25, -0.2) is 0 Å². The first-order valence-corrected chi connectivity index (χ1v) is 4.95. The van der Waals surface area contributed by atoms with Gasteiger partial charge in [0.15, 0.2) is 0 Å². The molecule has 3 fully saturated rings. The lowest BCUT2D eigenvalue weighted by atomic mass is 10.0. The van der Waals surface area contributed by atoms with E-state index in [0.29, 0.717) is 0 Å². The minimum absolute atomic E-state index is 1.20. The summed E-state index contributed by atoms with van der Waals surface area (Å²) in [4.78, 5) is 0. The Balaban J connectivity index is 1.72. The summed E-state index contributed by atoms with van der Waals surface area (Å²) >= 11 is 0. The van der Waals surface area contributed by atoms with Gasteiger partial charge < -0.3 is 0 Å². The molecule has 3 aliphatic rings. The Kier molecular flexibility index (Phi) is 1.00. The van der Waals surface area contributed by atoms with E-state index in [2.05, 4.69) is 0 Å². The van der Waals surface area contributed by atoms with Crippen LogP contribution in [0.3, 0.4) is 0 Å². The lowest BCUT2D eigenvalue weighted by Gasteiger charge is -2.04. The molecule has 0 N–H and O–H groups in total. The molecule has 0 amide bonds. The van der Waals surface area contributed by atoms with E-state index in [-0.39, 0.29) is 0 Å². The van der Waals surface area contributed by atoms with Crippen LogP contribution in [-0.2, 0) is 0 Å². The molecule has 0 spiro atoms. The summed E-state index contributed by atoms with van der Waals surface area (Å²) in [6.07, 6.45) is 9.47. The first kappa shape index (κ1) is 5.62. The fraction of sp³-hybridized carbons (Fsp3) is 1.00. The number of hydrogen-bond donors (Lipinski definition) is 0. The van der Waals surface area contributed by atoms with E-state index in [1.165, 1.54) is 23.7 Å². The maximum absolute atomic E-state index is 1.61. The van der Waals surface area contributed by atoms with Gasteiger partial charge in [-0.1, -0.05) is 25.7 Å². The zero-order valence-electron chi connectivity index (χ0n) is 6.55. The number of rotatable bonds is 0. The minimum atomic E-state index is 1.20. The molecular formula is C10H16. The maximum atomic E-state index is 1.61. The predicted octanol–water partition coefficient (Wildman–Crippen LogP) is 2.83. The van der Waals surface area contributed by atoms with Crippen LogP contribution in [0.15, 0.2) is 0 Å². The van der Waals surface area contributed by atoms with Gasteiger partial charge in [-0.15, -0.1) is 0 Å². The summed E-state index contributed by atoms with van der Waals surface area (Å²) in [7, 11) is 0. The summed E-state index contributed by atoms with van der Waals surface area (Å²) in [5, 5.41) is 0. The maximum Gasteiger partial charge on any atom is -0.0352 e. The Labute approximate surface area is 63.0 Å². The molecule has 56 valence electrons. The van der Waals surface area contributed by atoms with Crippen LogP contribution in [0.25, 0.3) is 0 Å². The van der Waals surface area contributed by atoms with Crippen molar-refractivity contribution < 1.29 is 0 Å². The quantitative estimate of drug-likeness (QED) is 0.480. The summed E-state index contributed by atoms with van der Waals surface area (Å²) in [6, 6.07) is 0. The molecule has 0 nitrogen and oxygen atoms in total. The van der Waals surface area contributed by atoms with E-state index in [9.17, 15) is 0 Å². The third-order valence-corrected chi connectivity index (χ3v) is 3.90. The van der Waals surface area contributed by atoms with Crippen LogP contribution >= 0.6 is 0 Å². The van der Waals surface area contributed by atoms with Gasteiger partial charge in [-0.2, -0.15) is 0 Å². The molecule has 0 radical (unpaired) electrons. The fourth-order valence-electron chi connectivity index (χ4n) is 3.07. The lowest BCUT2D eigenvalue weighted by Crippen LogP contribution is -1.94. The molecule has 0 bridgehead atoms. The van der Waals surface area contributed by atoms with E-state index in [1.807, 2.05) is 0 Å². The van der Waals surface area contributed by atoms with Gasteiger partial charge in [-0.3, -0.25) is 0 Å². The highest BCUT2D eigenvalue weighted by atomic mass is 14.6. The molecule has 0 heterocycles. The first-order chi connectivity index (χ1) is 4.95. The molecule has 0 heteroatoms. The van der Waals surface area contributed by atoms with Crippen molar-refractivity contribution in [1.82, 2.24) is 0 Å². The molecule has 0 aromatic carbocycles. The molecule has 3 rings (SSSR count). The molecule has 0 aromatic heterocycles. The molecule has 3 aliphatic carbocycles. The molecule has 4 atom stereocenters. The van der Waals surface area contributed by atoms with Gasteiger partial charge in [0.2, 0.25) is 0 Å². The second-order valence-corrected chi connectivity index (χ2v) is 4.60. The van der Waals surface area contributed by atoms with Crippen molar-refractivity contribution in [2.24, 2.45) is 23.7 Å². The zero-order chi connectivity index (χ0) is 6.55. The molecule has 0 unspecified atom stereocenters. The summed E-state index contributed by atoms with van der Waals surface area (Å²) in [5.41, 5.74) is 0. The van der Waals surface area contributed by atoms with Crippen molar-refractivity contribution >= 4 is 0 Å². The van der Waals surface area contributed by atoms with E-state index < -0.39 is 0 Å². The van der Waals surface area contributed by atoms with Crippen LogP contribution in [0.1, 0.15) is 38.5 Å². The first-order valence-electron chi connectivity index (χ1n) is 4.95. The smallest absolute Gasteiger partial charge is 0.0352 e. The number of fused-ring (bicyclic) bond motifs is 3. The average molecular weight is 136 g/mol. The normalized spacial score (nSPS) is 57.6. The van der Waals surface area contributed by atoms with Crippen LogP contribution in [0.2, 0.25) is 0 Å². The Hall–Kier alpha value is 0. The summed E-state index contributed by atoms with van der Waals surface area (Å²) in [6.45, 7) is 0. The zero-order valence-corrected chi connectivity index (χ0v) is 6.55. The average Bonchev–Trinajstić information content (AvgIpc) is 2.68. The van der Waals surface area contributed by atoms with Gasteiger partial charge in [-0.05, 0) is 36.5 Å². The van der Waals surface area contributed by atoms with Crippen LogP contribution in [0, 0.1) is 23.7 Å². The highest BCUT2D eigenvalue weighted by Crippen LogP contribution is 2.61. The summed E-state index contributed by atoms with van der Waals surface area (Å²) in [5.74, 6) is 4.86. The van der Waals surface area contributed by atoms with Crippen molar-refractivity contribution in [3.05, 3.63) is 0 Å².